The fourth-order valence-electron chi connectivity index (χ4n) is 2.56. The summed E-state index contributed by atoms with van der Waals surface area (Å²) in [6.45, 7) is 7.26. The van der Waals surface area contributed by atoms with E-state index in [2.05, 4.69) is 20.6 Å². The molecule has 1 aromatic rings. The van der Waals surface area contributed by atoms with E-state index in [4.69, 9.17) is 4.74 Å². The molecule has 0 aromatic heterocycles. The van der Waals surface area contributed by atoms with Crippen molar-refractivity contribution in [2.45, 2.75) is 13.3 Å². The van der Waals surface area contributed by atoms with Crippen molar-refractivity contribution in [3.8, 4) is 5.75 Å². The third-order valence-corrected chi connectivity index (χ3v) is 3.74. The molecule has 1 aromatic carbocycles. The molecule has 0 atom stereocenters. The summed E-state index contributed by atoms with van der Waals surface area (Å²) < 4.78 is 10.4. The largest absolute Gasteiger partial charge is 0.492 e. The molecule has 0 amide bonds. The summed E-state index contributed by atoms with van der Waals surface area (Å²) >= 11 is 0. The van der Waals surface area contributed by atoms with Crippen LogP contribution in [-0.4, -0.2) is 57.3 Å². The highest BCUT2D eigenvalue weighted by atomic mass is 16.5. The maximum Gasteiger partial charge on any atom is 0.306 e. The Morgan fingerprint density at radius 2 is 1.90 bits per heavy atom. The Morgan fingerprint density at radius 1 is 1.19 bits per heavy atom. The minimum Gasteiger partial charge on any atom is -0.492 e. The van der Waals surface area contributed by atoms with E-state index in [0.717, 1.165) is 44.2 Å². The van der Waals surface area contributed by atoms with Gasteiger partial charge in [0.25, 0.3) is 0 Å². The van der Waals surface area contributed by atoms with Crippen molar-refractivity contribution in [3.05, 3.63) is 24.3 Å². The highest BCUT2D eigenvalue weighted by Crippen LogP contribution is 2.28. The van der Waals surface area contributed by atoms with Crippen LogP contribution in [0.4, 0.5) is 5.69 Å². The zero-order valence-corrected chi connectivity index (χ0v) is 12.9. The first-order valence-corrected chi connectivity index (χ1v) is 7.50. The first kappa shape index (κ1) is 15.6. The minimum atomic E-state index is -0.140. The van der Waals surface area contributed by atoms with Crippen LogP contribution in [0.25, 0.3) is 0 Å². The molecule has 1 fully saturated rings. The zero-order chi connectivity index (χ0) is 15.1. The number of rotatable bonds is 6. The lowest BCUT2D eigenvalue weighted by Crippen LogP contribution is -2.47. The highest BCUT2D eigenvalue weighted by molar-refractivity contribution is 5.69. The number of carbonyl (C=O) groups is 1. The molecule has 0 radical (unpaired) electrons. The predicted molar refractivity (Wildman–Crippen MR) is 82.9 cm³/mol. The van der Waals surface area contributed by atoms with Crippen molar-refractivity contribution in [3.63, 3.8) is 0 Å². The van der Waals surface area contributed by atoms with E-state index in [9.17, 15) is 4.79 Å². The lowest BCUT2D eigenvalue weighted by Gasteiger charge is -2.36. The molecule has 0 saturated carbocycles. The van der Waals surface area contributed by atoms with Gasteiger partial charge in [-0.25, -0.2) is 0 Å². The second-order valence-corrected chi connectivity index (χ2v) is 5.06. The SMILES string of the molecule is CCOc1ccccc1N1CCN(CCC(=O)OC)CC1. The van der Waals surface area contributed by atoms with Gasteiger partial charge in [0, 0.05) is 32.7 Å². The normalized spacial score (nSPS) is 15.8. The van der Waals surface area contributed by atoms with Crippen molar-refractivity contribution >= 4 is 11.7 Å². The summed E-state index contributed by atoms with van der Waals surface area (Å²) in [6, 6.07) is 8.17. The Labute approximate surface area is 126 Å². The van der Waals surface area contributed by atoms with Crippen LogP contribution in [0.2, 0.25) is 0 Å². The average molecular weight is 292 g/mol. The molecule has 0 aliphatic carbocycles. The van der Waals surface area contributed by atoms with Gasteiger partial charge in [-0.2, -0.15) is 0 Å². The van der Waals surface area contributed by atoms with Crippen molar-refractivity contribution in [2.75, 3.05) is 51.3 Å². The third-order valence-electron chi connectivity index (χ3n) is 3.74. The monoisotopic (exact) mass is 292 g/mol. The third kappa shape index (κ3) is 4.36. The minimum absolute atomic E-state index is 0.140. The molecule has 1 saturated heterocycles. The highest BCUT2D eigenvalue weighted by Gasteiger charge is 2.19. The van der Waals surface area contributed by atoms with Crippen LogP contribution < -0.4 is 9.64 Å². The summed E-state index contributed by atoms with van der Waals surface area (Å²) in [4.78, 5) is 15.8. The molecule has 1 aliphatic rings. The Morgan fingerprint density at radius 3 is 2.57 bits per heavy atom. The van der Waals surface area contributed by atoms with Gasteiger partial charge in [-0.05, 0) is 19.1 Å². The van der Waals surface area contributed by atoms with E-state index >= 15 is 0 Å². The fraction of sp³-hybridized carbons (Fsp3) is 0.562. The molecule has 5 nitrogen and oxygen atoms in total. The van der Waals surface area contributed by atoms with E-state index in [-0.39, 0.29) is 5.97 Å². The van der Waals surface area contributed by atoms with Crippen molar-refractivity contribution in [2.24, 2.45) is 0 Å². The van der Waals surface area contributed by atoms with E-state index < -0.39 is 0 Å². The van der Waals surface area contributed by atoms with Gasteiger partial charge in [-0.1, -0.05) is 12.1 Å². The summed E-state index contributed by atoms with van der Waals surface area (Å²) in [6.07, 6.45) is 0.464. The number of ether oxygens (including phenoxy) is 2. The predicted octanol–water partition coefficient (Wildman–Crippen LogP) is 1.77. The summed E-state index contributed by atoms with van der Waals surface area (Å²) in [5.74, 6) is 0.808. The van der Waals surface area contributed by atoms with E-state index in [1.807, 2.05) is 25.1 Å². The number of anilines is 1. The summed E-state index contributed by atoms with van der Waals surface area (Å²) in [7, 11) is 1.44. The number of carbonyl (C=O) groups excluding carboxylic acids is 1. The molecule has 21 heavy (non-hydrogen) atoms. The molecule has 0 N–H and O–H groups in total. The number of benzene rings is 1. The maximum atomic E-state index is 11.2. The van der Waals surface area contributed by atoms with Gasteiger partial charge < -0.3 is 14.4 Å². The van der Waals surface area contributed by atoms with Crippen LogP contribution in [0.15, 0.2) is 24.3 Å². The van der Waals surface area contributed by atoms with Gasteiger partial charge in [0.2, 0.25) is 0 Å². The topological polar surface area (TPSA) is 42.0 Å². The smallest absolute Gasteiger partial charge is 0.306 e. The lowest BCUT2D eigenvalue weighted by atomic mass is 10.2. The van der Waals surface area contributed by atoms with Crippen LogP contribution in [-0.2, 0) is 9.53 Å². The number of hydrogen-bond donors (Lipinski definition) is 0. The van der Waals surface area contributed by atoms with Gasteiger partial charge in [-0.3, -0.25) is 9.69 Å². The van der Waals surface area contributed by atoms with Crippen molar-refractivity contribution in [1.82, 2.24) is 4.90 Å². The molecule has 116 valence electrons. The first-order valence-electron chi connectivity index (χ1n) is 7.50. The molecular formula is C16H24N2O3. The number of nitrogens with zero attached hydrogens (tertiary/aromatic N) is 2. The number of piperazine rings is 1. The van der Waals surface area contributed by atoms with Crippen LogP contribution in [0.3, 0.4) is 0 Å². The molecule has 0 spiro atoms. The Bertz CT molecular complexity index is 457. The van der Waals surface area contributed by atoms with Gasteiger partial charge in [0.1, 0.15) is 5.75 Å². The van der Waals surface area contributed by atoms with E-state index in [1.165, 1.54) is 7.11 Å². The van der Waals surface area contributed by atoms with Crippen LogP contribution in [0, 0.1) is 0 Å². The lowest BCUT2D eigenvalue weighted by molar-refractivity contribution is -0.141. The van der Waals surface area contributed by atoms with Crippen LogP contribution in [0.1, 0.15) is 13.3 Å². The van der Waals surface area contributed by atoms with Gasteiger partial charge >= 0.3 is 5.97 Å². The van der Waals surface area contributed by atoms with Crippen molar-refractivity contribution < 1.29 is 14.3 Å². The molecule has 1 heterocycles. The van der Waals surface area contributed by atoms with Crippen molar-refractivity contribution in [1.29, 1.82) is 0 Å². The number of esters is 1. The molecule has 0 unspecified atom stereocenters. The second kappa shape index (κ2) is 7.88. The molecule has 0 bridgehead atoms. The average Bonchev–Trinajstić information content (AvgIpc) is 2.54. The first-order chi connectivity index (χ1) is 10.2. The Balaban J connectivity index is 1.87. The fourth-order valence-corrected chi connectivity index (χ4v) is 2.56. The molecule has 2 rings (SSSR count). The number of para-hydroxylation sites is 2. The zero-order valence-electron chi connectivity index (χ0n) is 12.9. The number of hydrogen-bond acceptors (Lipinski definition) is 5. The van der Waals surface area contributed by atoms with Gasteiger partial charge in [0.15, 0.2) is 0 Å². The molecule has 1 aliphatic heterocycles. The van der Waals surface area contributed by atoms with Gasteiger partial charge in [-0.15, -0.1) is 0 Å². The van der Waals surface area contributed by atoms with Crippen LogP contribution >= 0.6 is 0 Å². The van der Waals surface area contributed by atoms with E-state index in [0.29, 0.717) is 13.0 Å². The second-order valence-electron chi connectivity index (χ2n) is 5.06. The summed E-state index contributed by atoms with van der Waals surface area (Å²) in [5, 5.41) is 0. The maximum absolute atomic E-state index is 11.2. The quantitative estimate of drug-likeness (QED) is 0.748. The number of methoxy groups -OCH3 is 1. The Kier molecular flexibility index (Phi) is 5.87. The standard InChI is InChI=1S/C16H24N2O3/c1-3-21-15-7-5-4-6-14(15)18-12-10-17(11-13-18)9-8-16(19)20-2/h4-7H,3,8-13H2,1-2H3. The molecular weight excluding hydrogens is 268 g/mol. The summed E-state index contributed by atoms with van der Waals surface area (Å²) in [5.41, 5.74) is 1.16. The van der Waals surface area contributed by atoms with Crippen LogP contribution in [0.5, 0.6) is 5.75 Å². The van der Waals surface area contributed by atoms with E-state index in [1.54, 1.807) is 0 Å². The van der Waals surface area contributed by atoms with Gasteiger partial charge in [0.05, 0.1) is 25.8 Å². The Hall–Kier alpha value is -1.75. The molecule has 5 heteroatoms.